The summed E-state index contributed by atoms with van der Waals surface area (Å²) in [6.45, 7) is 3.54. The number of nitrogens with one attached hydrogen (secondary N) is 2. The maximum Gasteiger partial charge on any atom is 0.262 e. The minimum atomic E-state index is -3.85. The maximum absolute atomic E-state index is 13.3. The molecule has 28 heavy (non-hydrogen) atoms. The zero-order chi connectivity index (χ0) is 20.3. The van der Waals surface area contributed by atoms with Crippen molar-refractivity contribution in [1.82, 2.24) is 0 Å². The molecule has 7 heteroatoms. The first kappa shape index (κ1) is 19.6. The maximum atomic E-state index is 13.3. The van der Waals surface area contributed by atoms with Gasteiger partial charge in [0.2, 0.25) is 0 Å². The lowest BCUT2D eigenvalue weighted by Crippen LogP contribution is -2.16. The van der Waals surface area contributed by atoms with Crippen LogP contribution in [0.5, 0.6) is 0 Å². The highest BCUT2D eigenvalue weighted by Crippen LogP contribution is 2.24. The van der Waals surface area contributed by atoms with Crippen LogP contribution in [0.1, 0.15) is 21.5 Å². The van der Waals surface area contributed by atoms with E-state index < -0.39 is 21.7 Å². The highest BCUT2D eigenvalue weighted by molar-refractivity contribution is 7.92. The van der Waals surface area contributed by atoms with E-state index >= 15 is 0 Å². The van der Waals surface area contributed by atoms with Crippen molar-refractivity contribution in [3.05, 3.63) is 89.2 Å². The average molecular weight is 398 g/mol. The lowest BCUT2D eigenvalue weighted by atomic mass is 10.2. The van der Waals surface area contributed by atoms with Crippen LogP contribution in [0.25, 0.3) is 0 Å². The molecule has 0 aliphatic rings. The highest BCUT2D eigenvalue weighted by Gasteiger charge is 2.18. The van der Waals surface area contributed by atoms with Crippen LogP contribution in [0.2, 0.25) is 0 Å². The Morgan fingerprint density at radius 2 is 1.64 bits per heavy atom. The van der Waals surface area contributed by atoms with Gasteiger partial charge in [0.05, 0.1) is 4.90 Å². The molecular formula is C21H19FN2O3S. The molecule has 3 rings (SSSR count). The summed E-state index contributed by atoms with van der Waals surface area (Å²) in [4.78, 5) is 12.3. The van der Waals surface area contributed by atoms with Gasteiger partial charge in [0.15, 0.2) is 0 Å². The Morgan fingerprint density at radius 3 is 2.36 bits per heavy atom. The Hall–Kier alpha value is -3.19. The number of rotatable bonds is 5. The van der Waals surface area contributed by atoms with Crippen LogP contribution in [0.4, 0.5) is 15.8 Å². The first-order chi connectivity index (χ1) is 13.2. The monoisotopic (exact) mass is 398 g/mol. The predicted molar refractivity (Wildman–Crippen MR) is 108 cm³/mol. The van der Waals surface area contributed by atoms with Crippen LogP contribution in [-0.2, 0) is 10.0 Å². The molecule has 3 aromatic carbocycles. The molecule has 0 heterocycles. The van der Waals surface area contributed by atoms with E-state index in [-0.39, 0.29) is 10.5 Å². The van der Waals surface area contributed by atoms with Gasteiger partial charge in [-0.3, -0.25) is 9.52 Å². The second-order valence-corrected chi connectivity index (χ2v) is 8.07. The van der Waals surface area contributed by atoms with Gasteiger partial charge in [-0.05, 0) is 67.4 Å². The third-order valence-electron chi connectivity index (χ3n) is 4.09. The lowest BCUT2D eigenvalue weighted by molar-refractivity contribution is 0.102. The van der Waals surface area contributed by atoms with Crippen LogP contribution in [0.15, 0.2) is 71.6 Å². The van der Waals surface area contributed by atoms with Crippen LogP contribution in [0.3, 0.4) is 0 Å². The second kappa shape index (κ2) is 7.82. The van der Waals surface area contributed by atoms with E-state index in [4.69, 9.17) is 0 Å². The number of amides is 1. The van der Waals surface area contributed by atoms with Gasteiger partial charge in [-0.25, -0.2) is 12.8 Å². The van der Waals surface area contributed by atoms with Crippen LogP contribution < -0.4 is 10.0 Å². The van der Waals surface area contributed by atoms with E-state index in [0.29, 0.717) is 16.9 Å². The molecule has 0 aromatic heterocycles. The fraction of sp³-hybridized carbons (Fsp3) is 0.0952. The van der Waals surface area contributed by atoms with Crippen molar-refractivity contribution in [1.29, 1.82) is 0 Å². The van der Waals surface area contributed by atoms with Gasteiger partial charge >= 0.3 is 0 Å². The predicted octanol–water partition coefficient (Wildman–Crippen LogP) is 4.50. The van der Waals surface area contributed by atoms with Gasteiger partial charge < -0.3 is 5.32 Å². The zero-order valence-corrected chi connectivity index (χ0v) is 16.2. The SMILES string of the molecule is Cc1cccc(NS(=O)(=O)c2cc(NC(=O)c3cccc(F)c3)ccc2C)c1. The summed E-state index contributed by atoms with van der Waals surface area (Å²) in [5.74, 6) is -1.06. The smallest absolute Gasteiger partial charge is 0.262 e. The van der Waals surface area contributed by atoms with E-state index in [1.807, 2.05) is 13.0 Å². The Kier molecular flexibility index (Phi) is 5.46. The molecule has 2 N–H and O–H groups in total. The number of anilines is 2. The molecule has 0 radical (unpaired) electrons. The van der Waals surface area contributed by atoms with Gasteiger partial charge in [0, 0.05) is 16.9 Å². The summed E-state index contributed by atoms with van der Waals surface area (Å²) in [7, 11) is -3.85. The molecule has 144 valence electrons. The summed E-state index contributed by atoms with van der Waals surface area (Å²) in [6, 6.07) is 16.9. The minimum absolute atomic E-state index is 0.0473. The van der Waals surface area contributed by atoms with Crippen LogP contribution in [-0.4, -0.2) is 14.3 Å². The first-order valence-electron chi connectivity index (χ1n) is 8.52. The van der Waals surface area contributed by atoms with E-state index in [9.17, 15) is 17.6 Å². The number of benzene rings is 3. The molecule has 1 amide bonds. The average Bonchev–Trinajstić information content (AvgIpc) is 2.63. The van der Waals surface area contributed by atoms with Gasteiger partial charge in [-0.15, -0.1) is 0 Å². The summed E-state index contributed by atoms with van der Waals surface area (Å²) in [5.41, 5.74) is 2.35. The van der Waals surface area contributed by atoms with E-state index in [1.54, 1.807) is 37.3 Å². The Labute approximate surface area is 163 Å². The van der Waals surface area contributed by atoms with Crippen molar-refractivity contribution >= 4 is 27.3 Å². The zero-order valence-electron chi connectivity index (χ0n) is 15.4. The second-order valence-electron chi connectivity index (χ2n) is 6.42. The number of hydrogen-bond donors (Lipinski definition) is 2. The molecule has 0 aliphatic carbocycles. The summed E-state index contributed by atoms with van der Waals surface area (Å²) >= 11 is 0. The van der Waals surface area contributed by atoms with E-state index in [2.05, 4.69) is 10.0 Å². The molecule has 3 aromatic rings. The van der Waals surface area contributed by atoms with Gasteiger partial charge in [0.1, 0.15) is 5.82 Å². The molecule has 0 aliphatic heterocycles. The molecule has 5 nitrogen and oxygen atoms in total. The minimum Gasteiger partial charge on any atom is -0.322 e. The Balaban J connectivity index is 1.87. The normalized spacial score (nSPS) is 11.1. The highest BCUT2D eigenvalue weighted by atomic mass is 32.2. The van der Waals surface area contributed by atoms with Crippen molar-refractivity contribution in [3.63, 3.8) is 0 Å². The Morgan fingerprint density at radius 1 is 0.893 bits per heavy atom. The molecule has 0 bridgehead atoms. The largest absolute Gasteiger partial charge is 0.322 e. The quantitative estimate of drug-likeness (QED) is 0.665. The van der Waals surface area contributed by atoms with Crippen molar-refractivity contribution < 1.29 is 17.6 Å². The van der Waals surface area contributed by atoms with Gasteiger partial charge in [0.25, 0.3) is 15.9 Å². The molecule has 0 atom stereocenters. The topological polar surface area (TPSA) is 75.3 Å². The van der Waals surface area contributed by atoms with Crippen molar-refractivity contribution in [2.24, 2.45) is 0 Å². The molecule has 0 saturated carbocycles. The number of sulfonamides is 1. The van der Waals surface area contributed by atoms with Crippen LogP contribution >= 0.6 is 0 Å². The molecule has 0 unspecified atom stereocenters. The summed E-state index contributed by atoms with van der Waals surface area (Å²) in [6.07, 6.45) is 0. The number of aryl methyl sites for hydroxylation is 2. The first-order valence-corrected chi connectivity index (χ1v) is 10.00. The Bertz CT molecular complexity index is 1140. The van der Waals surface area contributed by atoms with E-state index in [0.717, 1.165) is 11.6 Å². The van der Waals surface area contributed by atoms with Gasteiger partial charge in [-0.2, -0.15) is 0 Å². The van der Waals surface area contributed by atoms with E-state index in [1.165, 1.54) is 24.3 Å². The summed E-state index contributed by atoms with van der Waals surface area (Å²) in [5, 5.41) is 2.60. The van der Waals surface area contributed by atoms with Crippen molar-refractivity contribution in [2.45, 2.75) is 18.7 Å². The van der Waals surface area contributed by atoms with Crippen molar-refractivity contribution in [3.8, 4) is 0 Å². The fourth-order valence-electron chi connectivity index (χ4n) is 2.72. The number of halogens is 1. The fourth-order valence-corrected chi connectivity index (χ4v) is 4.04. The molecular weight excluding hydrogens is 379 g/mol. The number of carbonyl (C=O) groups is 1. The standard InChI is InChI=1S/C21H19FN2O3S/c1-14-5-3-8-19(11-14)24-28(26,27)20-13-18(10-9-15(20)2)23-21(25)16-6-4-7-17(22)12-16/h3-13,24H,1-2H3,(H,23,25). The third kappa shape index (κ3) is 4.55. The summed E-state index contributed by atoms with van der Waals surface area (Å²) < 4.78 is 41.5. The molecule has 0 fully saturated rings. The number of hydrogen-bond acceptors (Lipinski definition) is 3. The van der Waals surface area contributed by atoms with Crippen molar-refractivity contribution in [2.75, 3.05) is 10.0 Å². The molecule has 0 saturated heterocycles. The third-order valence-corrected chi connectivity index (χ3v) is 5.62. The lowest BCUT2D eigenvalue weighted by Gasteiger charge is -2.13. The van der Waals surface area contributed by atoms with Gasteiger partial charge in [-0.1, -0.05) is 24.3 Å². The number of carbonyl (C=O) groups excluding carboxylic acids is 1. The van der Waals surface area contributed by atoms with Crippen LogP contribution in [0, 0.1) is 19.7 Å². The molecule has 0 spiro atoms.